The first-order valence-corrected chi connectivity index (χ1v) is 8.63. The highest BCUT2D eigenvalue weighted by Crippen LogP contribution is 2.16. The second-order valence-electron chi connectivity index (χ2n) is 5.15. The number of ether oxygens (including phenoxy) is 1. The number of pyridine rings is 2. The van der Waals surface area contributed by atoms with Crippen LogP contribution in [0.4, 0.5) is 0 Å². The number of aliphatic hydroxyl groups is 1. The zero-order chi connectivity index (χ0) is 19.0. The summed E-state index contributed by atoms with van der Waals surface area (Å²) >= 11 is 3.11. The minimum absolute atomic E-state index is 0.437. The van der Waals surface area contributed by atoms with E-state index in [1.807, 2.05) is 24.3 Å². The van der Waals surface area contributed by atoms with Crippen LogP contribution in [0.3, 0.4) is 0 Å². The van der Waals surface area contributed by atoms with Gasteiger partial charge in [0.15, 0.2) is 6.40 Å². The van der Waals surface area contributed by atoms with Gasteiger partial charge in [-0.3, -0.25) is 15.0 Å². The van der Waals surface area contributed by atoms with Gasteiger partial charge in [-0.1, -0.05) is 12.1 Å². The molecule has 0 fully saturated rings. The number of nitrogens with zero attached hydrogens (tertiary/aromatic N) is 3. The van der Waals surface area contributed by atoms with Gasteiger partial charge in [-0.25, -0.2) is 0 Å². The van der Waals surface area contributed by atoms with Gasteiger partial charge in [0.05, 0.1) is 12.2 Å². The molecule has 0 saturated carbocycles. The standard InChI is InChI=1S/C11H15BrN2O2.C5H5N.C3H4/c1-11(2,15)10-4-3-9(6-14-10)5-13-8-16-7-12;1-2-4-6-5-3-1;1-3-2/h3-4,6,8,15H,5,7H2,1-2H3;1-5H;1H,2H3. The molecule has 6 heteroatoms. The summed E-state index contributed by atoms with van der Waals surface area (Å²) in [6, 6.07) is 9.41. The molecule has 1 N–H and O–H groups in total. The van der Waals surface area contributed by atoms with E-state index in [0.717, 1.165) is 5.56 Å². The molecule has 2 aromatic rings. The number of rotatable bonds is 5. The Labute approximate surface area is 158 Å². The maximum Gasteiger partial charge on any atom is 0.171 e. The van der Waals surface area contributed by atoms with Crippen LogP contribution in [0.2, 0.25) is 0 Å². The highest BCUT2D eigenvalue weighted by Gasteiger charge is 2.16. The quantitative estimate of drug-likeness (QED) is 0.354. The molecule has 0 saturated heterocycles. The van der Waals surface area contributed by atoms with Crippen LogP contribution in [0.1, 0.15) is 32.0 Å². The van der Waals surface area contributed by atoms with Crippen molar-refractivity contribution >= 4 is 22.3 Å². The molecule has 0 radical (unpaired) electrons. The number of aliphatic imine (C=N–C) groups is 1. The lowest BCUT2D eigenvalue weighted by molar-refractivity contribution is 0.0738. The smallest absolute Gasteiger partial charge is 0.171 e. The first-order valence-electron chi connectivity index (χ1n) is 7.51. The summed E-state index contributed by atoms with van der Waals surface area (Å²) in [6.45, 7) is 5.58. The average molecular weight is 406 g/mol. The SMILES string of the molecule is C#CC.CC(C)(O)c1ccc(CN=COCBr)cn1.c1ccncc1. The fraction of sp³-hybridized carbons (Fsp3) is 0.316. The monoisotopic (exact) mass is 405 g/mol. The van der Waals surface area contributed by atoms with Gasteiger partial charge in [-0.05, 0) is 60.5 Å². The summed E-state index contributed by atoms with van der Waals surface area (Å²) in [6.07, 6.45) is 11.2. The van der Waals surface area contributed by atoms with Crippen molar-refractivity contribution in [2.24, 2.45) is 4.99 Å². The van der Waals surface area contributed by atoms with Crippen molar-refractivity contribution in [1.82, 2.24) is 9.97 Å². The first-order chi connectivity index (χ1) is 12.0. The van der Waals surface area contributed by atoms with E-state index in [2.05, 4.69) is 43.2 Å². The molecule has 2 rings (SSSR count). The van der Waals surface area contributed by atoms with Crippen LogP contribution in [0.15, 0.2) is 53.9 Å². The highest BCUT2D eigenvalue weighted by molar-refractivity contribution is 9.09. The van der Waals surface area contributed by atoms with E-state index in [1.165, 1.54) is 6.40 Å². The molecule has 0 aliphatic carbocycles. The van der Waals surface area contributed by atoms with Crippen molar-refractivity contribution in [1.29, 1.82) is 0 Å². The third-order valence-electron chi connectivity index (χ3n) is 2.50. The number of alkyl halides is 1. The lowest BCUT2D eigenvalue weighted by atomic mass is 10.0. The van der Waals surface area contributed by atoms with E-state index in [9.17, 15) is 5.11 Å². The third kappa shape index (κ3) is 12.8. The lowest BCUT2D eigenvalue weighted by Gasteiger charge is -2.16. The molecule has 0 spiro atoms. The van der Waals surface area contributed by atoms with Crippen LogP contribution in [0.5, 0.6) is 0 Å². The van der Waals surface area contributed by atoms with Gasteiger partial charge in [0.2, 0.25) is 0 Å². The number of hydrogen-bond acceptors (Lipinski definition) is 5. The van der Waals surface area contributed by atoms with Crippen molar-refractivity contribution < 1.29 is 9.84 Å². The van der Waals surface area contributed by atoms with Crippen molar-refractivity contribution in [3.05, 3.63) is 60.2 Å². The van der Waals surface area contributed by atoms with E-state index in [4.69, 9.17) is 4.74 Å². The van der Waals surface area contributed by atoms with E-state index in [1.54, 1.807) is 45.4 Å². The third-order valence-corrected chi connectivity index (χ3v) is 2.77. The second-order valence-corrected chi connectivity index (χ2v) is 5.60. The fourth-order valence-electron chi connectivity index (χ4n) is 1.42. The van der Waals surface area contributed by atoms with Gasteiger partial charge in [0.1, 0.15) is 11.1 Å². The van der Waals surface area contributed by atoms with Crippen LogP contribution < -0.4 is 0 Å². The van der Waals surface area contributed by atoms with Crippen molar-refractivity contribution in [3.8, 4) is 12.3 Å². The molecule has 0 atom stereocenters. The maximum absolute atomic E-state index is 9.71. The predicted octanol–water partition coefficient (Wildman–Crippen LogP) is 3.93. The van der Waals surface area contributed by atoms with Gasteiger partial charge in [-0.15, -0.1) is 12.3 Å². The fourth-order valence-corrected chi connectivity index (χ4v) is 1.53. The van der Waals surface area contributed by atoms with Gasteiger partial charge in [0, 0.05) is 18.6 Å². The number of halogens is 1. The zero-order valence-corrected chi connectivity index (χ0v) is 16.3. The predicted molar refractivity (Wildman–Crippen MR) is 105 cm³/mol. The number of hydrogen-bond donors (Lipinski definition) is 1. The minimum atomic E-state index is -0.902. The van der Waals surface area contributed by atoms with Crippen LogP contribution in [-0.4, -0.2) is 27.0 Å². The molecule has 0 amide bonds. The molecule has 5 nitrogen and oxygen atoms in total. The summed E-state index contributed by atoms with van der Waals surface area (Å²) in [5, 5.41) is 9.71. The molecule has 2 aromatic heterocycles. The van der Waals surface area contributed by atoms with Gasteiger partial charge >= 0.3 is 0 Å². The molecule has 2 heterocycles. The molecule has 25 heavy (non-hydrogen) atoms. The van der Waals surface area contributed by atoms with E-state index in [-0.39, 0.29) is 0 Å². The van der Waals surface area contributed by atoms with Crippen molar-refractivity contribution in [2.75, 3.05) is 5.52 Å². The summed E-state index contributed by atoms with van der Waals surface area (Å²) in [5.41, 5.74) is 1.16. The Morgan fingerprint density at radius 2 is 1.96 bits per heavy atom. The minimum Gasteiger partial charge on any atom is -0.472 e. The maximum atomic E-state index is 9.71. The highest BCUT2D eigenvalue weighted by atomic mass is 79.9. The van der Waals surface area contributed by atoms with Gasteiger partial charge < -0.3 is 9.84 Å². The van der Waals surface area contributed by atoms with E-state index >= 15 is 0 Å². The molecule has 0 bridgehead atoms. The molecule has 134 valence electrons. The van der Waals surface area contributed by atoms with Crippen molar-refractivity contribution in [3.63, 3.8) is 0 Å². The Hall–Kier alpha value is -2.23. The topological polar surface area (TPSA) is 67.6 Å². The average Bonchev–Trinajstić information content (AvgIpc) is 2.61. The van der Waals surface area contributed by atoms with Crippen LogP contribution >= 0.6 is 15.9 Å². The second kappa shape index (κ2) is 14.1. The summed E-state index contributed by atoms with van der Waals surface area (Å²) < 4.78 is 4.90. The van der Waals surface area contributed by atoms with Gasteiger partial charge in [0.25, 0.3) is 0 Å². The molecule has 0 aliphatic heterocycles. The molecule has 0 unspecified atom stereocenters. The van der Waals surface area contributed by atoms with Gasteiger partial charge in [-0.2, -0.15) is 0 Å². The van der Waals surface area contributed by atoms with Crippen molar-refractivity contribution in [2.45, 2.75) is 32.9 Å². The molecular weight excluding hydrogens is 382 g/mol. The Kier molecular flexibility index (Phi) is 12.9. The van der Waals surface area contributed by atoms with E-state index < -0.39 is 5.60 Å². The Bertz CT molecular complexity index is 591. The molecule has 0 aliphatic rings. The Balaban J connectivity index is 0.000000524. The molecule has 0 aromatic carbocycles. The summed E-state index contributed by atoms with van der Waals surface area (Å²) in [4.78, 5) is 12.0. The number of aromatic nitrogens is 2. The first kappa shape index (κ1) is 22.8. The van der Waals surface area contributed by atoms with E-state index in [0.29, 0.717) is 17.8 Å². The normalized spacial score (nSPS) is 9.92. The summed E-state index contributed by atoms with van der Waals surface area (Å²) in [5.74, 6) is 2.25. The van der Waals surface area contributed by atoms with Crippen LogP contribution in [-0.2, 0) is 16.9 Å². The molecular formula is C19H24BrN3O2. The Morgan fingerprint density at radius 3 is 2.32 bits per heavy atom. The lowest BCUT2D eigenvalue weighted by Crippen LogP contribution is -2.17. The van der Waals surface area contributed by atoms with Crippen LogP contribution in [0.25, 0.3) is 0 Å². The van der Waals surface area contributed by atoms with Crippen LogP contribution in [0, 0.1) is 12.3 Å². The zero-order valence-electron chi connectivity index (χ0n) is 14.8. The Morgan fingerprint density at radius 1 is 1.32 bits per heavy atom. The summed E-state index contributed by atoms with van der Waals surface area (Å²) in [7, 11) is 0. The number of terminal acetylenes is 1. The largest absolute Gasteiger partial charge is 0.472 e.